The molecule has 3 aromatic rings. The summed E-state index contributed by atoms with van der Waals surface area (Å²) in [6.45, 7) is 0. The molecular weight excluding hydrogens is 272 g/mol. The van der Waals surface area contributed by atoms with E-state index in [0.29, 0.717) is 10.8 Å². The summed E-state index contributed by atoms with van der Waals surface area (Å²) < 4.78 is 0. The predicted octanol–water partition coefficient (Wildman–Crippen LogP) is 3.81. The van der Waals surface area contributed by atoms with Gasteiger partial charge in [-0.25, -0.2) is 4.98 Å². The number of rotatable bonds is 3. The Balaban J connectivity index is 1.93. The Labute approximate surface area is 121 Å². The van der Waals surface area contributed by atoms with Crippen molar-refractivity contribution < 1.29 is 5.11 Å². The maximum absolute atomic E-state index is 10.3. The normalized spacial score (nSPS) is 12.3. The smallest absolute Gasteiger partial charge is 0.140 e. The van der Waals surface area contributed by atoms with Gasteiger partial charge in [0.2, 0.25) is 0 Å². The Morgan fingerprint density at radius 1 is 1.00 bits per heavy atom. The van der Waals surface area contributed by atoms with Gasteiger partial charge in [0.05, 0.1) is 11.9 Å². The summed E-state index contributed by atoms with van der Waals surface area (Å²) in [6, 6.07) is 16.9. The highest BCUT2D eigenvalue weighted by molar-refractivity contribution is 6.33. The minimum Gasteiger partial charge on any atom is -0.380 e. The van der Waals surface area contributed by atoms with Gasteiger partial charge in [-0.3, -0.25) is 0 Å². The Hall–Kier alpha value is -2.10. The summed E-state index contributed by atoms with van der Waals surface area (Å²) in [5.41, 5.74) is 2.46. The highest BCUT2D eigenvalue weighted by Gasteiger charge is 2.15. The van der Waals surface area contributed by atoms with Gasteiger partial charge in [0.25, 0.3) is 0 Å². The highest BCUT2D eigenvalue weighted by atomic mass is 35.5. The molecule has 0 saturated heterocycles. The number of aromatic nitrogens is 2. The minimum atomic E-state index is -0.771. The zero-order valence-corrected chi connectivity index (χ0v) is 11.4. The molecule has 0 bridgehead atoms. The first kappa shape index (κ1) is 12.9. The van der Waals surface area contributed by atoms with Crippen molar-refractivity contribution in [2.45, 2.75) is 6.10 Å². The molecule has 0 aliphatic carbocycles. The molecule has 0 radical (unpaired) electrons. The van der Waals surface area contributed by atoms with Gasteiger partial charge in [-0.2, -0.15) is 0 Å². The third-order valence-corrected chi connectivity index (χ3v) is 3.46. The first-order valence-corrected chi connectivity index (χ1v) is 6.66. The molecule has 0 fully saturated rings. The minimum absolute atomic E-state index is 0.506. The second-order valence-electron chi connectivity index (χ2n) is 4.48. The molecule has 100 valence electrons. The summed E-state index contributed by atoms with van der Waals surface area (Å²) in [5, 5.41) is 10.9. The molecule has 0 spiro atoms. The van der Waals surface area contributed by atoms with E-state index >= 15 is 0 Å². The molecule has 2 N–H and O–H groups in total. The van der Waals surface area contributed by atoms with Crippen LogP contribution in [0.5, 0.6) is 0 Å². The van der Waals surface area contributed by atoms with Crippen molar-refractivity contribution in [1.82, 2.24) is 9.97 Å². The number of aromatic amines is 1. The van der Waals surface area contributed by atoms with Crippen molar-refractivity contribution >= 4 is 11.6 Å². The average Bonchev–Trinajstić information content (AvgIpc) is 2.97. The maximum Gasteiger partial charge on any atom is 0.140 e. The molecule has 2 aromatic carbocycles. The highest BCUT2D eigenvalue weighted by Crippen LogP contribution is 2.28. The van der Waals surface area contributed by atoms with Crippen LogP contribution in [0, 0.1) is 0 Å². The number of nitrogens with one attached hydrogen (secondary N) is 1. The van der Waals surface area contributed by atoms with Crippen LogP contribution in [0.15, 0.2) is 60.8 Å². The molecule has 1 atom stereocenters. The van der Waals surface area contributed by atoms with Crippen LogP contribution in [0.2, 0.25) is 5.02 Å². The van der Waals surface area contributed by atoms with Crippen LogP contribution in [-0.4, -0.2) is 15.1 Å². The number of hydrogen-bond acceptors (Lipinski definition) is 2. The fourth-order valence-electron chi connectivity index (χ4n) is 2.09. The van der Waals surface area contributed by atoms with E-state index in [9.17, 15) is 5.11 Å². The van der Waals surface area contributed by atoms with E-state index in [0.717, 1.165) is 16.8 Å². The molecule has 20 heavy (non-hydrogen) atoms. The van der Waals surface area contributed by atoms with E-state index < -0.39 is 6.10 Å². The first-order valence-electron chi connectivity index (χ1n) is 6.28. The lowest BCUT2D eigenvalue weighted by atomic mass is 10.1. The average molecular weight is 285 g/mol. The molecule has 0 amide bonds. The van der Waals surface area contributed by atoms with Crippen LogP contribution in [0.1, 0.15) is 17.5 Å². The molecule has 3 nitrogen and oxygen atoms in total. The molecule has 4 heteroatoms. The third kappa shape index (κ3) is 2.46. The molecule has 1 heterocycles. The van der Waals surface area contributed by atoms with E-state index in [-0.39, 0.29) is 0 Å². The largest absolute Gasteiger partial charge is 0.380 e. The van der Waals surface area contributed by atoms with Crippen LogP contribution < -0.4 is 0 Å². The summed E-state index contributed by atoms with van der Waals surface area (Å²) in [6.07, 6.45) is 0.912. The van der Waals surface area contributed by atoms with Crippen molar-refractivity contribution in [2.24, 2.45) is 0 Å². The van der Waals surface area contributed by atoms with Crippen molar-refractivity contribution in [3.8, 4) is 11.3 Å². The summed E-state index contributed by atoms with van der Waals surface area (Å²) >= 11 is 6.15. The number of imidazole rings is 1. The van der Waals surface area contributed by atoms with Gasteiger partial charge >= 0.3 is 0 Å². The van der Waals surface area contributed by atoms with Crippen LogP contribution >= 0.6 is 11.6 Å². The fraction of sp³-hybridized carbons (Fsp3) is 0.0625. The van der Waals surface area contributed by atoms with Gasteiger partial charge < -0.3 is 10.1 Å². The summed E-state index contributed by atoms with van der Waals surface area (Å²) in [5.74, 6) is 0.506. The number of aliphatic hydroxyl groups is 1. The van der Waals surface area contributed by atoms with Crippen LogP contribution in [0.3, 0.4) is 0 Å². The van der Waals surface area contributed by atoms with Crippen molar-refractivity contribution in [3.63, 3.8) is 0 Å². The van der Waals surface area contributed by atoms with Gasteiger partial charge in [-0.15, -0.1) is 0 Å². The van der Waals surface area contributed by atoms with Gasteiger partial charge in [0, 0.05) is 10.6 Å². The molecule has 1 aromatic heterocycles. The first-order chi connectivity index (χ1) is 9.75. The lowest BCUT2D eigenvalue weighted by Gasteiger charge is -2.07. The third-order valence-electron chi connectivity index (χ3n) is 3.13. The van der Waals surface area contributed by atoms with E-state index in [4.69, 9.17) is 11.6 Å². The number of nitrogens with zero attached hydrogens (tertiary/aromatic N) is 1. The molecule has 0 aliphatic heterocycles. The number of halogens is 1. The van der Waals surface area contributed by atoms with Gasteiger partial charge in [-0.05, 0) is 11.6 Å². The number of H-pyrrole nitrogens is 1. The standard InChI is InChI=1S/C16H13ClN2O/c17-13-9-5-4-8-12(13)14-10-18-16(19-14)15(20)11-6-2-1-3-7-11/h1-10,15,20H,(H,18,19). The lowest BCUT2D eigenvalue weighted by molar-refractivity contribution is 0.211. The topological polar surface area (TPSA) is 48.9 Å². The molecular formula is C16H13ClN2O. The Morgan fingerprint density at radius 3 is 2.45 bits per heavy atom. The van der Waals surface area contributed by atoms with Gasteiger partial charge in [0.1, 0.15) is 11.9 Å². The summed E-state index contributed by atoms with van der Waals surface area (Å²) in [7, 11) is 0. The molecule has 1 unspecified atom stereocenters. The Kier molecular flexibility index (Phi) is 3.54. The van der Waals surface area contributed by atoms with Crippen molar-refractivity contribution in [1.29, 1.82) is 0 Å². The van der Waals surface area contributed by atoms with Crippen LogP contribution in [0.25, 0.3) is 11.3 Å². The zero-order chi connectivity index (χ0) is 13.9. The molecule has 0 aliphatic rings. The van der Waals surface area contributed by atoms with Crippen molar-refractivity contribution in [2.75, 3.05) is 0 Å². The molecule has 3 rings (SSSR count). The monoisotopic (exact) mass is 284 g/mol. The SMILES string of the molecule is OC(c1ccccc1)c1ncc(-c2ccccc2Cl)[nH]1. The quantitative estimate of drug-likeness (QED) is 0.768. The Morgan fingerprint density at radius 2 is 1.70 bits per heavy atom. The Bertz CT molecular complexity index is 709. The lowest BCUT2D eigenvalue weighted by Crippen LogP contribution is -2.01. The van der Waals surface area contributed by atoms with Crippen LogP contribution in [0.4, 0.5) is 0 Å². The number of benzene rings is 2. The fourth-order valence-corrected chi connectivity index (χ4v) is 2.32. The van der Waals surface area contributed by atoms with Crippen molar-refractivity contribution in [3.05, 3.63) is 77.2 Å². The van der Waals surface area contributed by atoms with E-state index in [1.54, 1.807) is 6.20 Å². The predicted molar refractivity (Wildman–Crippen MR) is 79.5 cm³/mol. The van der Waals surface area contributed by atoms with E-state index in [2.05, 4.69) is 9.97 Å². The maximum atomic E-state index is 10.3. The second kappa shape index (κ2) is 5.49. The van der Waals surface area contributed by atoms with E-state index in [1.807, 2.05) is 54.6 Å². The summed E-state index contributed by atoms with van der Waals surface area (Å²) in [4.78, 5) is 7.37. The van der Waals surface area contributed by atoms with Gasteiger partial charge in [-0.1, -0.05) is 60.1 Å². The van der Waals surface area contributed by atoms with Crippen LogP contribution in [-0.2, 0) is 0 Å². The number of aliphatic hydroxyl groups excluding tert-OH is 1. The number of hydrogen-bond donors (Lipinski definition) is 2. The zero-order valence-electron chi connectivity index (χ0n) is 10.6. The second-order valence-corrected chi connectivity index (χ2v) is 4.88. The van der Waals surface area contributed by atoms with Gasteiger partial charge in [0.15, 0.2) is 0 Å². The van der Waals surface area contributed by atoms with E-state index in [1.165, 1.54) is 0 Å². The molecule has 0 saturated carbocycles.